The monoisotopic (exact) mass is 372 g/mol. The molecule has 2 atom stereocenters. The first-order valence-electron chi connectivity index (χ1n) is 8.95. The van der Waals surface area contributed by atoms with E-state index in [1.807, 2.05) is 20.8 Å². The minimum absolute atomic E-state index is 0.0254. The van der Waals surface area contributed by atoms with Crippen molar-refractivity contribution >= 4 is 18.0 Å². The van der Waals surface area contributed by atoms with Crippen LogP contribution in [0.2, 0.25) is 0 Å². The van der Waals surface area contributed by atoms with Gasteiger partial charge in [0.25, 0.3) is 0 Å². The summed E-state index contributed by atoms with van der Waals surface area (Å²) in [5.74, 6) is -0.844. The third-order valence-electron chi connectivity index (χ3n) is 3.54. The van der Waals surface area contributed by atoms with Crippen LogP contribution in [0.5, 0.6) is 0 Å². The highest BCUT2D eigenvalue weighted by Gasteiger charge is 2.43. The summed E-state index contributed by atoms with van der Waals surface area (Å²) < 4.78 is 16.0. The average Bonchev–Trinajstić information content (AvgIpc) is 2.80. The smallest absolute Gasteiger partial charge is 0.426 e. The number of nitrogens with zero attached hydrogens (tertiary/aromatic N) is 1. The van der Waals surface area contributed by atoms with Crippen LogP contribution in [0.3, 0.4) is 0 Å². The molecule has 1 saturated heterocycles. The third kappa shape index (κ3) is 7.59. The second kappa shape index (κ2) is 8.70. The molecule has 150 valence electrons. The number of hydrogen-bond acceptors (Lipinski definition) is 6. The van der Waals surface area contributed by atoms with Crippen molar-refractivity contribution in [2.75, 3.05) is 6.61 Å². The molecule has 0 aromatic heterocycles. The summed E-state index contributed by atoms with van der Waals surface area (Å²) in [7, 11) is 0. The first kappa shape index (κ1) is 22.2. The summed E-state index contributed by atoms with van der Waals surface area (Å²) in [4.78, 5) is 36.6. The Morgan fingerprint density at radius 3 is 2.35 bits per heavy atom. The fraction of sp³-hybridized carbons (Fsp3) is 0.833. The topological polar surface area (TPSA) is 94.2 Å². The van der Waals surface area contributed by atoms with Crippen LogP contribution in [-0.2, 0) is 23.8 Å². The summed E-state index contributed by atoms with van der Waals surface area (Å²) >= 11 is 0. The number of cyclic esters (lactones) is 1. The minimum Gasteiger partial charge on any atom is -0.443 e. The standard InChI is InChI=1S/C18H32N2O6/c1-8-24-12-11-14(22)25-15(12)20(13(21)9-10-17(2,3)4)19-16(23)26-18(5,6)7/h12,15H,8-11H2,1-7H3,(H,19,23)/t12-,15-/m0/s1. The maximum Gasteiger partial charge on any atom is 0.426 e. The van der Waals surface area contributed by atoms with E-state index in [2.05, 4.69) is 5.43 Å². The zero-order valence-corrected chi connectivity index (χ0v) is 16.9. The quantitative estimate of drug-likeness (QED) is 0.589. The van der Waals surface area contributed by atoms with Gasteiger partial charge in [0.05, 0.1) is 6.42 Å². The highest BCUT2D eigenvalue weighted by atomic mass is 16.6. The first-order chi connectivity index (χ1) is 11.8. The van der Waals surface area contributed by atoms with Gasteiger partial charge in [0.1, 0.15) is 11.7 Å². The Bertz CT molecular complexity index is 521. The first-order valence-corrected chi connectivity index (χ1v) is 8.95. The van der Waals surface area contributed by atoms with E-state index in [1.165, 1.54) is 0 Å². The van der Waals surface area contributed by atoms with Crippen LogP contribution in [0.25, 0.3) is 0 Å². The maximum absolute atomic E-state index is 12.7. The Labute approximate surface area is 155 Å². The second-order valence-corrected chi connectivity index (χ2v) is 8.52. The zero-order chi connectivity index (χ0) is 20.1. The van der Waals surface area contributed by atoms with E-state index in [-0.39, 0.29) is 24.2 Å². The van der Waals surface area contributed by atoms with Crippen molar-refractivity contribution in [3.8, 4) is 0 Å². The maximum atomic E-state index is 12.7. The van der Waals surface area contributed by atoms with Gasteiger partial charge in [-0.05, 0) is 39.5 Å². The highest BCUT2D eigenvalue weighted by molar-refractivity contribution is 5.81. The fourth-order valence-corrected chi connectivity index (χ4v) is 2.37. The fourth-order valence-electron chi connectivity index (χ4n) is 2.37. The average molecular weight is 372 g/mol. The lowest BCUT2D eigenvalue weighted by Gasteiger charge is -2.32. The number of esters is 1. The second-order valence-electron chi connectivity index (χ2n) is 8.52. The number of rotatable bonds is 5. The SMILES string of the molecule is CCO[C@H]1CC(=O)O[C@@H]1N(NC(=O)OC(C)(C)C)C(=O)CCC(C)(C)C. The Hall–Kier alpha value is -1.83. The molecular formula is C18H32N2O6. The molecule has 0 aromatic rings. The van der Waals surface area contributed by atoms with Gasteiger partial charge in [-0.25, -0.2) is 15.2 Å². The summed E-state index contributed by atoms with van der Waals surface area (Å²) in [6.45, 7) is 13.4. The molecule has 1 heterocycles. The van der Waals surface area contributed by atoms with Crippen molar-refractivity contribution < 1.29 is 28.6 Å². The van der Waals surface area contributed by atoms with Gasteiger partial charge < -0.3 is 14.2 Å². The number of ether oxygens (including phenoxy) is 3. The molecule has 2 amide bonds. The van der Waals surface area contributed by atoms with Crippen LogP contribution in [0.1, 0.15) is 67.7 Å². The van der Waals surface area contributed by atoms with Crippen LogP contribution in [0, 0.1) is 5.41 Å². The molecule has 1 N–H and O–H groups in total. The van der Waals surface area contributed by atoms with Crippen molar-refractivity contribution in [1.82, 2.24) is 10.4 Å². The highest BCUT2D eigenvalue weighted by Crippen LogP contribution is 2.25. The van der Waals surface area contributed by atoms with Gasteiger partial charge >= 0.3 is 12.1 Å². The lowest BCUT2D eigenvalue weighted by molar-refractivity contribution is -0.167. The lowest BCUT2D eigenvalue weighted by Crippen LogP contribution is -2.56. The van der Waals surface area contributed by atoms with Gasteiger partial charge in [-0.2, -0.15) is 0 Å². The van der Waals surface area contributed by atoms with E-state index in [4.69, 9.17) is 14.2 Å². The number of carbonyl (C=O) groups is 3. The lowest BCUT2D eigenvalue weighted by atomic mass is 9.90. The predicted octanol–water partition coefficient (Wildman–Crippen LogP) is 2.76. The summed E-state index contributed by atoms with van der Waals surface area (Å²) in [6, 6.07) is 0. The number of carbonyl (C=O) groups excluding carboxylic acids is 3. The Kier molecular flexibility index (Phi) is 7.44. The molecule has 1 aliphatic rings. The van der Waals surface area contributed by atoms with Gasteiger partial charge in [0.15, 0.2) is 0 Å². The Morgan fingerprint density at radius 2 is 1.85 bits per heavy atom. The molecule has 1 aliphatic heterocycles. The van der Waals surface area contributed by atoms with E-state index in [0.29, 0.717) is 13.0 Å². The molecule has 0 radical (unpaired) electrons. The van der Waals surface area contributed by atoms with Crippen molar-refractivity contribution in [3.05, 3.63) is 0 Å². The van der Waals surface area contributed by atoms with Gasteiger partial charge in [-0.1, -0.05) is 20.8 Å². The molecule has 8 nitrogen and oxygen atoms in total. The Morgan fingerprint density at radius 1 is 1.23 bits per heavy atom. The molecule has 0 aliphatic carbocycles. The number of nitrogens with one attached hydrogen (secondary N) is 1. The third-order valence-corrected chi connectivity index (χ3v) is 3.54. The van der Waals surface area contributed by atoms with Crippen LogP contribution in [0.15, 0.2) is 0 Å². The predicted molar refractivity (Wildman–Crippen MR) is 94.8 cm³/mol. The van der Waals surface area contributed by atoms with Crippen LogP contribution in [-0.4, -0.2) is 47.5 Å². The summed E-state index contributed by atoms with van der Waals surface area (Å²) in [5.41, 5.74) is 1.64. The largest absolute Gasteiger partial charge is 0.443 e. The van der Waals surface area contributed by atoms with E-state index < -0.39 is 30.0 Å². The van der Waals surface area contributed by atoms with E-state index in [1.54, 1.807) is 27.7 Å². The molecule has 26 heavy (non-hydrogen) atoms. The van der Waals surface area contributed by atoms with E-state index >= 15 is 0 Å². The molecule has 8 heteroatoms. The van der Waals surface area contributed by atoms with Gasteiger partial charge in [-0.3, -0.25) is 9.59 Å². The van der Waals surface area contributed by atoms with Crippen molar-refractivity contribution in [3.63, 3.8) is 0 Å². The molecule has 1 rings (SSSR count). The van der Waals surface area contributed by atoms with Crippen LogP contribution in [0.4, 0.5) is 4.79 Å². The van der Waals surface area contributed by atoms with Crippen LogP contribution >= 0.6 is 0 Å². The molecule has 0 aromatic carbocycles. The molecule has 0 spiro atoms. The number of hydrogen-bond donors (Lipinski definition) is 1. The van der Waals surface area contributed by atoms with Gasteiger partial charge in [-0.15, -0.1) is 0 Å². The summed E-state index contributed by atoms with van der Waals surface area (Å²) in [6.07, 6.45) is -1.62. The normalized spacial score (nSPS) is 20.5. The Balaban J connectivity index is 2.95. The van der Waals surface area contributed by atoms with E-state index in [0.717, 1.165) is 5.01 Å². The number of amides is 2. The number of hydrazine groups is 1. The molecule has 0 saturated carbocycles. The molecular weight excluding hydrogens is 340 g/mol. The molecule has 0 bridgehead atoms. The van der Waals surface area contributed by atoms with Crippen molar-refractivity contribution in [2.45, 2.75) is 85.7 Å². The summed E-state index contributed by atoms with van der Waals surface area (Å²) in [5, 5.41) is 1.03. The molecule has 0 unspecified atom stereocenters. The van der Waals surface area contributed by atoms with Crippen molar-refractivity contribution in [2.24, 2.45) is 5.41 Å². The van der Waals surface area contributed by atoms with Crippen LogP contribution < -0.4 is 5.43 Å². The van der Waals surface area contributed by atoms with Crippen molar-refractivity contribution in [1.29, 1.82) is 0 Å². The van der Waals surface area contributed by atoms with E-state index in [9.17, 15) is 14.4 Å². The van der Waals surface area contributed by atoms with Gasteiger partial charge in [0, 0.05) is 13.0 Å². The minimum atomic E-state index is -1.01. The molecule has 1 fully saturated rings. The van der Waals surface area contributed by atoms with Gasteiger partial charge in [0.2, 0.25) is 12.1 Å². The zero-order valence-electron chi connectivity index (χ0n) is 16.9.